The van der Waals surface area contributed by atoms with Crippen LogP contribution in [0.4, 0.5) is 5.69 Å². The zero-order valence-electron chi connectivity index (χ0n) is 16.4. The molecule has 0 radical (unpaired) electrons. The van der Waals surface area contributed by atoms with E-state index in [1.165, 1.54) is 0 Å². The van der Waals surface area contributed by atoms with Gasteiger partial charge in [0.25, 0.3) is 0 Å². The Morgan fingerprint density at radius 2 is 2.32 bits per heavy atom. The first-order valence-corrected chi connectivity index (χ1v) is 11.0. The zero-order chi connectivity index (χ0) is 19.3. The van der Waals surface area contributed by atoms with Gasteiger partial charge in [-0.3, -0.25) is 4.99 Å². The third-order valence-electron chi connectivity index (χ3n) is 4.97. The van der Waals surface area contributed by atoms with Gasteiger partial charge in [0.05, 0.1) is 24.9 Å². The second-order valence-electron chi connectivity index (χ2n) is 7.11. The van der Waals surface area contributed by atoms with Gasteiger partial charge in [0, 0.05) is 36.5 Å². The number of hydrogen-bond acceptors (Lipinski definition) is 5. The Morgan fingerprint density at radius 3 is 3.00 bits per heavy atom. The first-order valence-electron chi connectivity index (χ1n) is 9.46. The van der Waals surface area contributed by atoms with E-state index in [0.29, 0.717) is 11.6 Å². The van der Waals surface area contributed by atoms with Gasteiger partial charge in [-0.25, -0.2) is 0 Å². The van der Waals surface area contributed by atoms with Crippen molar-refractivity contribution in [2.75, 3.05) is 49.7 Å². The van der Waals surface area contributed by atoms with Gasteiger partial charge in [-0.15, -0.1) is 24.0 Å². The standard InChI is InChI=1S/C19H29ClN4O2S.HI/c1-3-21-18(22-12-19(25)7-9-27-13-19)23-15-6-8-24(11-15)16-10-14(20)4-5-17(16)26-2;/h4-5,10,15,25H,3,6-9,11-13H2,1-2H3,(H2,21,22,23);1H. The van der Waals surface area contributed by atoms with Crippen LogP contribution in [0.2, 0.25) is 5.02 Å². The largest absolute Gasteiger partial charge is 0.495 e. The van der Waals surface area contributed by atoms with Crippen LogP contribution in [0.3, 0.4) is 0 Å². The number of methoxy groups -OCH3 is 1. The van der Waals surface area contributed by atoms with E-state index in [-0.39, 0.29) is 30.0 Å². The summed E-state index contributed by atoms with van der Waals surface area (Å²) in [6, 6.07) is 5.98. The lowest BCUT2D eigenvalue weighted by molar-refractivity contribution is 0.0778. The Morgan fingerprint density at radius 1 is 1.50 bits per heavy atom. The van der Waals surface area contributed by atoms with E-state index in [1.54, 1.807) is 18.9 Å². The molecule has 0 aliphatic carbocycles. The average Bonchev–Trinajstić information content (AvgIpc) is 3.29. The highest BCUT2D eigenvalue weighted by Gasteiger charge is 2.32. The minimum atomic E-state index is -0.664. The Labute approximate surface area is 193 Å². The van der Waals surface area contributed by atoms with E-state index in [4.69, 9.17) is 16.3 Å². The van der Waals surface area contributed by atoms with E-state index >= 15 is 0 Å². The van der Waals surface area contributed by atoms with Crippen molar-refractivity contribution >= 4 is 59.0 Å². The highest BCUT2D eigenvalue weighted by atomic mass is 127. The molecule has 2 aliphatic heterocycles. The number of anilines is 1. The smallest absolute Gasteiger partial charge is 0.191 e. The molecule has 2 unspecified atom stereocenters. The molecule has 2 fully saturated rings. The van der Waals surface area contributed by atoms with Crippen molar-refractivity contribution in [3.63, 3.8) is 0 Å². The van der Waals surface area contributed by atoms with Crippen LogP contribution in [-0.4, -0.2) is 67.5 Å². The third kappa shape index (κ3) is 6.21. The molecule has 2 saturated heterocycles. The summed E-state index contributed by atoms with van der Waals surface area (Å²) < 4.78 is 5.49. The summed E-state index contributed by atoms with van der Waals surface area (Å²) in [5, 5.41) is 18.0. The zero-order valence-corrected chi connectivity index (χ0v) is 20.3. The molecule has 0 bridgehead atoms. The minimum absolute atomic E-state index is 0. The van der Waals surface area contributed by atoms with Crippen molar-refractivity contribution in [3.05, 3.63) is 23.2 Å². The summed E-state index contributed by atoms with van der Waals surface area (Å²) in [4.78, 5) is 6.93. The van der Waals surface area contributed by atoms with Gasteiger partial charge in [0.1, 0.15) is 5.75 Å². The molecule has 6 nitrogen and oxygen atoms in total. The predicted octanol–water partition coefficient (Wildman–Crippen LogP) is 2.97. The highest BCUT2D eigenvalue weighted by molar-refractivity contribution is 14.0. The number of guanidine groups is 1. The second-order valence-corrected chi connectivity index (χ2v) is 8.66. The monoisotopic (exact) mass is 540 g/mol. The van der Waals surface area contributed by atoms with Gasteiger partial charge >= 0.3 is 0 Å². The van der Waals surface area contributed by atoms with Crippen LogP contribution in [0.5, 0.6) is 5.75 Å². The van der Waals surface area contributed by atoms with Crippen molar-refractivity contribution in [2.24, 2.45) is 4.99 Å². The average molecular weight is 541 g/mol. The summed E-state index contributed by atoms with van der Waals surface area (Å²) >= 11 is 7.97. The van der Waals surface area contributed by atoms with E-state index in [9.17, 15) is 5.11 Å². The molecule has 2 aliphatic rings. The summed E-state index contributed by atoms with van der Waals surface area (Å²) in [5.74, 6) is 3.38. The van der Waals surface area contributed by atoms with Crippen molar-refractivity contribution < 1.29 is 9.84 Å². The molecule has 0 saturated carbocycles. The lowest BCUT2D eigenvalue weighted by Crippen LogP contribution is -2.45. The number of aliphatic hydroxyl groups is 1. The molecule has 3 N–H and O–H groups in total. The van der Waals surface area contributed by atoms with E-state index in [2.05, 4.69) is 27.4 Å². The fourth-order valence-corrected chi connectivity index (χ4v) is 4.92. The van der Waals surface area contributed by atoms with Crippen LogP contribution in [0.1, 0.15) is 19.8 Å². The van der Waals surface area contributed by atoms with Crippen molar-refractivity contribution in [3.8, 4) is 5.75 Å². The highest BCUT2D eigenvalue weighted by Crippen LogP contribution is 2.33. The Balaban J connectivity index is 0.00000280. The Hall–Kier alpha value is -0.580. The van der Waals surface area contributed by atoms with Crippen molar-refractivity contribution in [1.82, 2.24) is 10.6 Å². The first-order chi connectivity index (χ1) is 13.0. The molecule has 9 heteroatoms. The van der Waals surface area contributed by atoms with Crippen LogP contribution in [0.15, 0.2) is 23.2 Å². The fourth-order valence-electron chi connectivity index (χ4n) is 3.47. The van der Waals surface area contributed by atoms with E-state index in [1.807, 2.05) is 18.2 Å². The van der Waals surface area contributed by atoms with Gasteiger partial charge in [-0.2, -0.15) is 11.8 Å². The van der Waals surface area contributed by atoms with E-state index in [0.717, 1.165) is 61.4 Å². The van der Waals surface area contributed by atoms with Crippen LogP contribution in [0, 0.1) is 0 Å². The Bertz CT molecular complexity index is 673. The molecule has 2 atom stereocenters. The maximum atomic E-state index is 10.5. The summed E-state index contributed by atoms with van der Waals surface area (Å²) in [6.07, 6.45) is 1.81. The van der Waals surface area contributed by atoms with Crippen LogP contribution < -0.4 is 20.3 Å². The van der Waals surface area contributed by atoms with Crippen LogP contribution in [-0.2, 0) is 0 Å². The Kier molecular flexibility index (Phi) is 9.30. The molecule has 2 heterocycles. The summed E-state index contributed by atoms with van der Waals surface area (Å²) in [5.41, 5.74) is 0.358. The number of rotatable bonds is 6. The molecule has 1 aromatic rings. The molecular formula is C19H30ClIN4O2S. The number of nitrogens with one attached hydrogen (secondary N) is 2. The number of aliphatic imine (C=N–C) groups is 1. The third-order valence-corrected chi connectivity index (χ3v) is 6.44. The number of hydrogen-bond donors (Lipinski definition) is 3. The maximum absolute atomic E-state index is 10.5. The molecule has 0 spiro atoms. The SMILES string of the molecule is CCNC(=NCC1(O)CCSC1)NC1CCN(c2cc(Cl)ccc2OC)C1.I. The summed E-state index contributed by atoms with van der Waals surface area (Å²) in [7, 11) is 1.68. The number of nitrogens with zero attached hydrogens (tertiary/aromatic N) is 2. The van der Waals surface area contributed by atoms with Gasteiger partial charge in [0.15, 0.2) is 5.96 Å². The van der Waals surface area contributed by atoms with Gasteiger partial charge in [-0.1, -0.05) is 11.6 Å². The topological polar surface area (TPSA) is 69.1 Å². The number of thioether (sulfide) groups is 1. The molecule has 158 valence electrons. The molecule has 1 aromatic carbocycles. The normalized spacial score (nSPS) is 24.8. The predicted molar refractivity (Wildman–Crippen MR) is 130 cm³/mol. The van der Waals surface area contributed by atoms with Gasteiger partial charge < -0.3 is 25.4 Å². The molecule has 28 heavy (non-hydrogen) atoms. The summed E-state index contributed by atoms with van der Waals surface area (Å²) in [6.45, 7) is 5.05. The maximum Gasteiger partial charge on any atom is 0.191 e. The molecular weight excluding hydrogens is 511 g/mol. The lowest BCUT2D eigenvalue weighted by Gasteiger charge is -2.23. The molecule has 3 rings (SSSR count). The number of halogens is 2. The quantitative estimate of drug-likeness (QED) is 0.293. The molecule has 0 aromatic heterocycles. The minimum Gasteiger partial charge on any atom is -0.495 e. The van der Waals surface area contributed by atoms with Gasteiger partial charge in [0.2, 0.25) is 0 Å². The number of ether oxygens (including phenoxy) is 1. The second kappa shape index (κ2) is 11.0. The first kappa shape index (κ1) is 23.7. The number of benzene rings is 1. The molecule has 0 amide bonds. The van der Waals surface area contributed by atoms with E-state index < -0.39 is 5.60 Å². The van der Waals surface area contributed by atoms with Crippen molar-refractivity contribution in [1.29, 1.82) is 0 Å². The lowest BCUT2D eigenvalue weighted by atomic mass is 10.1. The van der Waals surface area contributed by atoms with Crippen LogP contribution >= 0.6 is 47.3 Å². The van der Waals surface area contributed by atoms with Crippen LogP contribution in [0.25, 0.3) is 0 Å². The van der Waals surface area contributed by atoms with Crippen molar-refractivity contribution in [2.45, 2.75) is 31.4 Å². The fraction of sp³-hybridized carbons (Fsp3) is 0.632. The van der Waals surface area contributed by atoms with Gasteiger partial charge in [-0.05, 0) is 43.7 Å².